The lowest BCUT2D eigenvalue weighted by Gasteiger charge is -2.33. The van der Waals surface area contributed by atoms with Crippen molar-refractivity contribution in [1.82, 2.24) is 24.9 Å². The summed E-state index contributed by atoms with van der Waals surface area (Å²) in [5.74, 6) is 1.00. The molecule has 2 aromatic heterocycles. The number of carbonyl (C=O) groups excluding carboxylic acids is 1. The van der Waals surface area contributed by atoms with E-state index in [-0.39, 0.29) is 5.91 Å². The minimum atomic E-state index is -0.251. The first-order valence-electron chi connectivity index (χ1n) is 10.5. The molecule has 0 radical (unpaired) electrons. The second-order valence-corrected chi connectivity index (χ2v) is 9.05. The Morgan fingerprint density at radius 3 is 2.45 bits per heavy atom. The lowest BCUT2D eigenvalue weighted by Crippen LogP contribution is -2.44. The molecule has 1 saturated heterocycles. The van der Waals surface area contributed by atoms with Gasteiger partial charge in [-0.15, -0.1) is 5.10 Å². The highest BCUT2D eigenvalue weighted by Crippen LogP contribution is 2.42. The lowest BCUT2D eigenvalue weighted by atomic mass is 10.2. The number of carbonyl (C=O) groups is 1. The molecule has 31 heavy (non-hydrogen) atoms. The second-order valence-electron chi connectivity index (χ2n) is 8.14. The molecule has 0 spiro atoms. The molecule has 1 aliphatic carbocycles. The van der Waals surface area contributed by atoms with Crippen molar-refractivity contribution in [2.45, 2.75) is 18.8 Å². The highest BCUT2D eigenvalue weighted by atomic mass is 79.9. The first-order valence-corrected chi connectivity index (χ1v) is 11.3. The Bertz CT molecular complexity index is 1070. The number of rotatable bonds is 5. The molecule has 3 aromatic rings. The van der Waals surface area contributed by atoms with Crippen molar-refractivity contribution < 1.29 is 4.79 Å². The maximum Gasteiger partial charge on any atom is 0.278 e. The van der Waals surface area contributed by atoms with E-state index in [9.17, 15) is 4.79 Å². The maximum absolute atomic E-state index is 13.0. The van der Waals surface area contributed by atoms with Crippen molar-refractivity contribution >= 4 is 33.3 Å². The van der Waals surface area contributed by atoms with E-state index in [4.69, 9.17) is 0 Å². The third kappa shape index (κ3) is 4.33. The van der Waals surface area contributed by atoms with Crippen LogP contribution < -0.4 is 10.2 Å². The molecule has 2 aliphatic rings. The number of piperazine rings is 1. The first-order chi connectivity index (χ1) is 15.1. The van der Waals surface area contributed by atoms with Gasteiger partial charge in [-0.1, -0.05) is 21.1 Å². The molecule has 2 fully saturated rings. The van der Waals surface area contributed by atoms with Crippen LogP contribution in [0.3, 0.4) is 0 Å². The molecule has 1 N–H and O–H groups in total. The first kappa shape index (κ1) is 20.1. The van der Waals surface area contributed by atoms with Crippen LogP contribution in [-0.4, -0.2) is 64.0 Å². The predicted molar refractivity (Wildman–Crippen MR) is 123 cm³/mol. The van der Waals surface area contributed by atoms with E-state index in [1.54, 1.807) is 10.9 Å². The van der Waals surface area contributed by atoms with Crippen molar-refractivity contribution in [3.63, 3.8) is 0 Å². The third-order valence-corrected chi connectivity index (χ3v) is 6.32. The Balaban J connectivity index is 1.33. The number of likely N-dealkylation sites (N-methyl/N-ethyl adjacent to an activating group) is 1. The molecular weight excluding hydrogens is 458 g/mol. The van der Waals surface area contributed by atoms with Gasteiger partial charge in [0, 0.05) is 36.6 Å². The van der Waals surface area contributed by atoms with E-state index in [1.165, 1.54) is 0 Å². The van der Waals surface area contributed by atoms with Gasteiger partial charge >= 0.3 is 0 Å². The van der Waals surface area contributed by atoms with Gasteiger partial charge in [0.25, 0.3) is 5.91 Å². The molecule has 1 aliphatic heterocycles. The van der Waals surface area contributed by atoms with Gasteiger partial charge in [-0.3, -0.25) is 4.79 Å². The molecule has 9 heteroatoms. The van der Waals surface area contributed by atoms with Crippen molar-refractivity contribution in [2.75, 3.05) is 43.4 Å². The van der Waals surface area contributed by atoms with Crippen LogP contribution in [0.15, 0.2) is 47.1 Å². The van der Waals surface area contributed by atoms with E-state index in [0.717, 1.165) is 60.7 Å². The molecule has 0 atom stereocenters. The summed E-state index contributed by atoms with van der Waals surface area (Å²) in [6.07, 6.45) is 3.80. The van der Waals surface area contributed by atoms with Gasteiger partial charge in [-0.05, 0) is 56.3 Å². The fourth-order valence-electron chi connectivity index (χ4n) is 3.82. The quantitative estimate of drug-likeness (QED) is 0.602. The van der Waals surface area contributed by atoms with Crippen LogP contribution >= 0.6 is 15.9 Å². The normalized spacial score (nSPS) is 17.0. The fraction of sp³-hybridized carbons (Fsp3) is 0.364. The molecular formula is C22H24BrN7O. The topological polar surface area (TPSA) is 79.2 Å². The van der Waals surface area contributed by atoms with Crippen LogP contribution in [0.25, 0.3) is 5.69 Å². The minimum absolute atomic E-state index is 0.251. The van der Waals surface area contributed by atoms with Crippen molar-refractivity contribution in [1.29, 1.82) is 0 Å². The van der Waals surface area contributed by atoms with Crippen LogP contribution in [0.4, 0.5) is 11.5 Å². The largest absolute Gasteiger partial charge is 0.354 e. The van der Waals surface area contributed by atoms with Gasteiger partial charge in [0.05, 0.1) is 23.3 Å². The maximum atomic E-state index is 13.0. The lowest BCUT2D eigenvalue weighted by molar-refractivity contribution is 0.102. The molecule has 1 amide bonds. The number of nitrogens with zero attached hydrogens (tertiary/aromatic N) is 6. The summed E-state index contributed by atoms with van der Waals surface area (Å²) >= 11 is 3.46. The van der Waals surface area contributed by atoms with Gasteiger partial charge in [0.2, 0.25) is 0 Å². The van der Waals surface area contributed by atoms with Crippen LogP contribution in [0.2, 0.25) is 0 Å². The number of nitrogens with one attached hydrogen (secondary N) is 1. The molecule has 1 saturated carbocycles. The monoisotopic (exact) mass is 481 g/mol. The highest BCUT2D eigenvalue weighted by Gasteiger charge is 2.34. The number of hydrogen-bond donors (Lipinski definition) is 1. The number of halogens is 1. The van der Waals surface area contributed by atoms with E-state index >= 15 is 0 Å². The van der Waals surface area contributed by atoms with Gasteiger partial charge in [0.1, 0.15) is 5.82 Å². The van der Waals surface area contributed by atoms with Crippen LogP contribution in [0, 0.1) is 0 Å². The average molecular weight is 482 g/mol. The molecule has 8 nitrogen and oxygen atoms in total. The smallest absolute Gasteiger partial charge is 0.278 e. The molecule has 0 bridgehead atoms. The average Bonchev–Trinajstić information content (AvgIpc) is 3.53. The Kier molecular flexibility index (Phi) is 5.45. The van der Waals surface area contributed by atoms with Gasteiger partial charge in [0.15, 0.2) is 5.69 Å². The fourth-order valence-corrected chi connectivity index (χ4v) is 4.08. The van der Waals surface area contributed by atoms with Gasteiger partial charge in [-0.25, -0.2) is 9.67 Å². The Hall–Kier alpha value is -2.78. The summed E-state index contributed by atoms with van der Waals surface area (Å²) in [5.41, 5.74) is 2.81. The molecule has 0 unspecified atom stereocenters. The Morgan fingerprint density at radius 1 is 1.06 bits per heavy atom. The summed E-state index contributed by atoms with van der Waals surface area (Å²) < 4.78 is 2.78. The standard InChI is InChI=1S/C22H24BrN7O/c1-28-10-12-29(13-11-28)19-9-6-17(14-24-19)25-22(31)20-21(15-2-3-15)30(27-26-20)18-7-4-16(23)5-8-18/h4-9,14-15H,2-3,10-13H2,1H3,(H,25,31). The predicted octanol–water partition coefficient (Wildman–Crippen LogP) is 3.31. The zero-order valence-electron chi connectivity index (χ0n) is 17.3. The van der Waals surface area contributed by atoms with Crippen molar-refractivity contribution in [3.8, 4) is 5.69 Å². The zero-order chi connectivity index (χ0) is 21.4. The third-order valence-electron chi connectivity index (χ3n) is 5.79. The Morgan fingerprint density at radius 2 is 1.81 bits per heavy atom. The van der Waals surface area contributed by atoms with E-state index in [1.807, 2.05) is 36.4 Å². The minimum Gasteiger partial charge on any atom is -0.354 e. The van der Waals surface area contributed by atoms with Gasteiger partial charge in [-0.2, -0.15) is 0 Å². The molecule has 1 aromatic carbocycles. The number of amides is 1. The van der Waals surface area contributed by atoms with Gasteiger partial charge < -0.3 is 15.1 Å². The molecule has 160 valence electrons. The molecule has 5 rings (SSSR count). The van der Waals surface area contributed by atoms with Crippen LogP contribution in [0.1, 0.15) is 34.9 Å². The number of anilines is 2. The van der Waals surface area contributed by atoms with Crippen LogP contribution in [-0.2, 0) is 0 Å². The Labute approximate surface area is 189 Å². The summed E-state index contributed by atoms with van der Waals surface area (Å²) in [5, 5.41) is 11.5. The number of hydrogen-bond acceptors (Lipinski definition) is 6. The summed E-state index contributed by atoms with van der Waals surface area (Å²) in [6.45, 7) is 3.97. The zero-order valence-corrected chi connectivity index (χ0v) is 18.9. The van der Waals surface area contributed by atoms with Crippen molar-refractivity contribution in [3.05, 3.63) is 58.5 Å². The summed E-state index contributed by atoms with van der Waals surface area (Å²) in [4.78, 5) is 22.1. The second kappa shape index (κ2) is 8.39. The van der Waals surface area contributed by atoms with Crippen molar-refractivity contribution in [2.24, 2.45) is 0 Å². The van der Waals surface area contributed by atoms with Crippen LogP contribution in [0.5, 0.6) is 0 Å². The number of benzene rings is 1. The van der Waals surface area contributed by atoms with E-state index in [0.29, 0.717) is 17.3 Å². The van der Waals surface area contributed by atoms with E-state index < -0.39 is 0 Å². The number of pyridine rings is 1. The SMILES string of the molecule is CN1CCN(c2ccc(NC(=O)c3nnn(-c4ccc(Br)cc4)c3C3CC3)cn2)CC1. The molecule has 3 heterocycles. The number of aromatic nitrogens is 4. The highest BCUT2D eigenvalue weighted by molar-refractivity contribution is 9.10. The summed E-state index contributed by atoms with van der Waals surface area (Å²) in [6, 6.07) is 11.7. The summed E-state index contributed by atoms with van der Waals surface area (Å²) in [7, 11) is 2.13. The van der Waals surface area contributed by atoms with E-state index in [2.05, 4.69) is 53.4 Å².